The van der Waals surface area contributed by atoms with Crippen molar-refractivity contribution < 1.29 is 18.7 Å². The molecule has 0 unspecified atom stereocenters. The number of carbonyl (C=O) groups is 2. The average Bonchev–Trinajstić information content (AvgIpc) is 2.93. The molecule has 5 nitrogen and oxygen atoms in total. The maximum absolute atomic E-state index is 11.9. The molecule has 0 N–H and O–H groups in total. The Labute approximate surface area is 136 Å². The molecule has 0 amide bonds. The Morgan fingerprint density at radius 2 is 1.78 bits per heavy atom. The van der Waals surface area contributed by atoms with Crippen molar-refractivity contribution >= 4 is 22.5 Å². The first-order chi connectivity index (χ1) is 11.0. The quantitative estimate of drug-likeness (QED) is 0.697. The predicted molar refractivity (Wildman–Crippen MR) is 89.5 cm³/mol. The van der Waals surface area contributed by atoms with Crippen molar-refractivity contribution in [1.29, 1.82) is 0 Å². The standard InChI is InChI=1S/C18H23NO4/c1-5-19(6-2)7-8-22-18-11-17-14(9-15(18)12(3)20)10-16(23-17)13(4)21/h9-11H,5-8H2,1-4H3. The molecular formula is C18H23NO4. The second-order valence-corrected chi connectivity index (χ2v) is 5.48. The third kappa shape index (κ3) is 3.99. The average molecular weight is 317 g/mol. The molecule has 5 heteroatoms. The van der Waals surface area contributed by atoms with Crippen molar-refractivity contribution in [1.82, 2.24) is 4.90 Å². The number of rotatable bonds is 8. The van der Waals surface area contributed by atoms with Gasteiger partial charge in [-0.1, -0.05) is 13.8 Å². The summed E-state index contributed by atoms with van der Waals surface area (Å²) < 4.78 is 11.3. The minimum Gasteiger partial charge on any atom is -0.491 e. The zero-order valence-corrected chi connectivity index (χ0v) is 14.1. The summed E-state index contributed by atoms with van der Waals surface area (Å²) in [5.74, 6) is 0.571. The zero-order chi connectivity index (χ0) is 17.0. The molecule has 0 bridgehead atoms. The molecule has 1 aromatic heterocycles. The minimum atomic E-state index is -0.144. The third-order valence-corrected chi connectivity index (χ3v) is 3.90. The summed E-state index contributed by atoms with van der Waals surface area (Å²) in [4.78, 5) is 25.5. The van der Waals surface area contributed by atoms with Gasteiger partial charge in [0.05, 0.1) is 5.56 Å². The van der Waals surface area contributed by atoms with Crippen molar-refractivity contribution in [3.8, 4) is 5.75 Å². The summed E-state index contributed by atoms with van der Waals surface area (Å²) in [6.07, 6.45) is 0. The highest BCUT2D eigenvalue weighted by atomic mass is 16.5. The number of ether oxygens (including phenoxy) is 1. The van der Waals surface area contributed by atoms with Gasteiger partial charge in [0.25, 0.3) is 0 Å². The van der Waals surface area contributed by atoms with Gasteiger partial charge in [0, 0.05) is 24.9 Å². The van der Waals surface area contributed by atoms with Crippen LogP contribution in [0.25, 0.3) is 11.0 Å². The Kier molecular flexibility index (Phi) is 5.55. The van der Waals surface area contributed by atoms with Gasteiger partial charge < -0.3 is 14.1 Å². The van der Waals surface area contributed by atoms with E-state index in [2.05, 4.69) is 18.7 Å². The van der Waals surface area contributed by atoms with Crippen molar-refractivity contribution in [3.05, 3.63) is 29.5 Å². The van der Waals surface area contributed by atoms with E-state index in [0.717, 1.165) is 25.0 Å². The molecule has 0 radical (unpaired) electrons. The lowest BCUT2D eigenvalue weighted by molar-refractivity contribution is 0.0986. The Morgan fingerprint density at radius 3 is 2.35 bits per heavy atom. The van der Waals surface area contributed by atoms with Crippen LogP contribution in [-0.4, -0.2) is 42.7 Å². The number of benzene rings is 1. The number of Topliss-reactive ketones (excluding diaryl/α,β-unsaturated/α-hetero) is 2. The maximum Gasteiger partial charge on any atom is 0.194 e. The Bertz CT molecular complexity index is 713. The van der Waals surface area contributed by atoms with E-state index >= 15 is 0 Å². The van der Waals surface area contributed by atoms with E-state index in [1.165, 1.54) is 13.8 Å². The number of fused-ring (bicyclic) bond motifs is 1. The minimum absolute atomic E-state index is 0.0738. The second-order valence-electron chi connectivity index (χ2n) is 5.48. The lowest BCUT2D eigenvalue weighted by Gasteiger charge is -2.18. The third-order valence-electron chi connectivity index (χ3n) is 3.90. The summed E-state index contributed by atoms with van der Waals surface area (Å²) >= 11 is 0. The number of hydrogen-bond acceptors (Lipinski definition) is 5. The van der Waals surface area contributed by atoms with E-state index in [4.69, 9.17) is 9.15 Å². The molecule has 0 saturated heterocycles. The van der Waals surface area contributed by atoms with Crippen LogP contribution in [0.1, 0.15) is 48.6 Å². The molecule has 1 aromatic carbocycles. The first-order valence-electron chi connectivity index (χ1n) is 7.90. The van der Waals surface area contributed by atoms with E-state index in [0.29, 0.717) is 23.5 Å². The smallest absolute Gasteiger partial charge is 0.194 e. The number of carbonyl (C=O) groups excluding carboxylic acids is 2. The molecule has 0 fully saturated rings. The maximum atomic E-state index is 11.9. The van der Waals surface area contributed by atoms with E-state index in [9.17, 15) is 9.59 Å². The van der Waals surface area contributed by atoms with Crippen molar-refractivity contribution in [2.24, 2.45) is 0 Å². The van der Waals surface area contributed by atoms with Gasteiger partial charge in [0.15, 0.2) is 17.3 Å². The number of furan rings is 1. The summed E-state index contributed by atoms with van der Waals surface area (Å²) in [6.45, 7) is 10.4. The highest BCUT2D eigenvalue weighted by molar-refractivity contribution is 6.02. The molecular weight excluding hydrogens is 294 g/mol. The van der Waals surface area contributed by atoms with Gasteiger partial charge in [0.1, 0.15) is 17.9 Å². The van der Waals surface area contributed by atoms with Crippen LogP contribution >= 0.6 is 0 Å². The molecule has 1 heterocycles. The fourth-order valence-electron chi connectivity index (χ4n) is 2.46. The van der Waals surface area contributed by atoms with Crippen LogP contribution in [0.5, 0.6) is 5.75 Å². The molecule has 124 valence electrons. The number of nitrogens with zero attached hydrogens (tertiary/aromatic N) is 1. The number of ketones is 2. The van der Waals surface area contributed by atoms with Crippen LogP contribution in [0.15, 0.2) is 22.6 Å². The van der Waals surface area contributed by atoms with Gasteiger partial charge in [-0.2, -0.15) is 0 Å². The Balaban J connectivity index is 2.27. The normalized spacial score (nSPS) is 11.2. The molecule has 2 rings (SSSR count). The van der Waals surface area contributed by atoms with Crippen LogP contribution in [-0.2, 0) is 0 Å². The summed E-state index contributed by atoms with van der Waals surface area (Å²) in [7, 11) is 0. The monoisotopic (exact) mass is 317 g/mol. The lowest BCUT2D eigenvalue weighted by Crippen LogP contribution is -2.28. The van der Waals surface area contributed by atoms with Crippen LogP contribution in [0.3, 0.4) is 0 Å². The van der Waals surface area contributed by atoms with Crippen molar-refractivity contribution in [3.63, 3.8) is 0 Å². The highest BCUT2D eigenvalue weighted by Crippen LogP contribution is 2.29. The van der Waals surface area contributed by atoms with Gasteiger partial charge in [-0.05, 0) is 32.1 Å². The fraction of sp³-hybridized carbons (Fsp3) is 0.444. The van der Waals surface area contributed by atoms with Crippen molar-refractivity contribution in [2.75, 3.05) is 26.2 Å². The molecule has 0 aliphatic heterocycles. The molecule has 0 aliphatic carbocycles. The molecule has 2 aromatic rings. The van der Waals surface area contributed by atoms with Crippen molar-refractivity contribution in [2.45, 2.75) is 27.7 Å². The van der Waals surface area contributed by atoms with Crippen LogP contribution < -0.4 is 4.74 Å². The van der Waals surface area contributed by atoms with Gasteiger partial charge >= 0.3 is 0 Å². The largest absolute Gasteiger partial charge is 0.491 e. The number of likely N-dealkylation sites (N-methyl/N-ethyl adjacent to an activating group) is 1. The van der Waals surface area contributed by atoms with Gasteiger partial charge in [-0.3, -0.25) is 9.59 Å². The van der Waals surface area contributed by atoms with E-state index in [1.54, 1.807) is 18.2 Å². The molecule has 0 aliphatic rings. The summed E-state index contributed by atoms with van der Waals surface area (Å²) in [5, 5.41) is 0.733. The first kappa shape index (κ1) is 17.2. The van der Waals surface area contributed by atoms with E-state index in [1.807, 2.05) is 0 Å². The Morgan fingerprint density at radius 1 is 1.09 bits per heavy atom. The van der Waals surface area contributed by atoms with E-state index in [-0.39, 0.29) is 17.3 Å². The molecule has 23 heavy (non-hydrogen) atoms. The Hall–Kier alpha value is -2.14. The zero-order valence-electron chi connectivity index (χ0n) is 14.1. The fourth-order valence-corrected chi connectivity index (χ4v) is 2.46. The predicted octanol–water partition coefficient (Wildman–Crippen LogP) is 3.56. The van der Waals surface area contributed by atoms with E-state index < -0.39 is 0 Å². The number of hydrogen-bond donors (Lipinski definition) is 0. The molecule has 0 atom stereocenters. The van der Waals surface area contributed by atoms with Gasteiger partial charge in [-0.25, -0.2) is 0 Å². The van der Waals surface area contributed by atoms with Gasteiger partial charge in [-0.15, -0.1) is 0 Å². The second kappa shape index (κ2) is 7.42. The van der Waals surface area contributed by atoms with Crippen LogP contribution in [0.2, 0.25) is 0 Å². The van der Waals surface area contributed by atoms with Crippen LogP contribution in [0.4, 0.5) is 0 Å². The topological polar surface area (TPSA) is 59.8 Å². The first-order valence-corrected chi connectivity index (χ1v) is 7.90. The lowest BCUT2D eigenvalue weighted by atomic mass is 10.1. The summed E-state index contributed by atoms with van der Waals surface area (Å²) in [6, 6.07) is 5.07. The highest BCUT2D eigenvalue weighted by Gasteiger charge is 2.15. The molecule has 0 saturated carbocycles. The molecule has 0 spiro atoms. The van der Waals surface area contributed by atoms with Crippen LogP contribution in [0, 0.1) is 0 Å². The summed E-state index contributed by atoms with van der Waals surface area (Å²) in [5.41, 5.74) is 1.06. The van der Waals surface area contributed by atoms with Gasteiger partial charge in [0.2, 0.25) is 0 Å². The SMILES string of the molecule is CCN(CC)CCOc1cc2oc(C(C)=O)cc2cc1C(C)=O.